The first-order valence-corrected chi connectivity index (χ1v) is 12.5. The fraction of sp³-hybridized carbons (Fsp3) is 0.280. The molecule has 0 radical (unpaired) electrons. The number of nitrogens with one attached hydrogen (secondary N) is 1. The third-order valence-electron chi connectivity index (χ3n) is 5.68. The lowest BCUT2D eigenvalue weighted by Gasteiger charge is -2.25. The Balaban J connectivity index is 1.39. The molecule has 0 saturated heterocycles. The molecule has 0 saturated carbocycles. The SMILES string of the molecule is CCN1CCc2c(sc(NC(=O)CCOc3ccccc3)c2-c2nc3ccccc3s2)C1. The Hall–Kier alpha value is -2.74. The molecule has 164 valence electrons. The number of hydrogen-bond donors (Lipinski definition) is 1. The van der Waals surface area contributed by atoms with Crippen LogP contribution in [0.25, 0.3) is 20.8 Å². The molecule has 5 nitrogen and oxygen atoms in total. The number of amides is 1. The van der Waals surface area contributed by atoms with Gasteiger partial charge in [0.25, 0.3) is 0 Å². The van der Waals surface area contributed by atoms with Crippen LogP contribution in [0.1, 0.15) is 23.8 Å². The average molecular weight is 464 g/mol. The van der Waals surface area contributed by atoms with E-state index in [0.717, 1.165) is 52.9 Å². The van der Waals surface area contributed by atoms with E-state index in [1.807, 2.05) is 48.5 Å². The molecule has 1 aliphatic heterocycles. The molecule has 0 spiro atoms. The van der Waals surface area contributed by atoms with Crippen molar-refractivity contribution in [1.82, 2.24) is 9.88 Å². The van der Waals surface area contributed by atoms with E-state index in [4.69, 9.17) is 9.72 Å². The molecule has 1 aliphatic rings. The molecule has 4 aromatic rings. The maximum absolute atomic E-state index is 12.8. The molecule has 0 atom stereocenters. The van der Waals surface area contributed by atoms with Crippen molar-refractivity contribution in [2.24, 2.45) is 0 Å². The van der Waals surface area contributed by atoms with Gasteiger partial charge in [-0.3, -0.25) is 9.69 Å². The third-order valence-corrected chi connectivity index (χ3v) is 7.87. The van der Waals surface area contributed by atoms with E-state index in [2.05, 4.69) is 23.2 Å². The molecular formula is C25H25N3O2S2. The summed E-state index contributed by atoms with van der Waals surface area (Å²) in [6, 6.07) is 17.8. The number of benzene rings is 2. The van der Waals surface area contributed by atoms with Crippen molar-refractivity contribution in [3.05, 3.63) is 65.0 Å². The summed E-state index contributed by atoms with van der Waals surface area (Å²) in [7, 11) is 0. The van der Waals surface area contributed by atoms with Gasteiger partial charge in [-0.1, -0.05) is 37.3 Å². The maximum atomic E-state index is 12.8. The molecule has 0 unspecified atom stereocenters. The smallest absolute Gasteiger partial charge is 0.228 e. The largest absolute Gasteiger partial charge is 0.493 e. The number of rotatable bonds is 7. The number of para-hydroxylation sites is 2. The van der Waals surface area contributed by atoms with E-state index < -0.39 is 0 Å². The Morgan fingerprint density at radius 3 is 2.75 bits per heavy atom. The molecule has 5 rings (SSSR count). The molecule has 7 heteroatoms. The number of thiazole rings is 1. The monoisotopic (exact) mass is 463 g/mol. The van der Waals surface area contributed by atoms with E-state index in [9.17, 15) is 4.79 Å². The molecule has 3 heterocycles. The van der Waals surface area contributed by atoms with Crippen LogP contribution in [0.5, 0.6) is 5.75 Å². The quantitative estimate of drug-likeness (QED) is 0.376. The van der Waals surface area contributed by atoms with Gasteiger partial charge in [-0.05, 0) is 42.8 Å². The highest BCUT2D eigenvalue weighted by atomic mass is 32.1. The van der Waals surface area contributed by atoms with Crippen molar-refractivity contribution < 1.29 is 9.53 Å². The highest BCUT2D eigenvalue weighted by Crippen LogP contribution is 2.45. The van der Waals surface area contributed by atoms with Crippen LogP contribution in [0.3, 0.4) is 0 Å². The lowest BCUT2D eigenvalue weighted by molar-refractivity contribution is -0.116. The van der Waals surface area contributed by atoms with Gasteiger partial charge in [-0.15, -0.1) is 22.7 Å². The van der Waals surface area contributed by atoms with Gasteiger partial charge in [0.2, 0.25) is 5.91 Å². The Kier molecular flexibility index (Phi) is 6.21. The lowest BCUT2D eigenvalue weighted by atomic mass is 10.0. The molecule has 0 bridgehead atoms. The predicted octanol–water partition coefficient (Wildman–Crippen LogP) is 5.81. The Morgan fingerprint density at radius 2 is 1.94 bits per heavy atom. The Bertz CT molecular complexity index is 1200. The van der Waals surface area contributed by atoms with Crippen molar-refractivity contribution in [2.75, 3.05) is 25.0 Å². The first-order chi connectivity index (χ1) is 15.7. The summed E-state index contributed by atoms with van der Waals surface area (Å²) >= 11 is 3.39. The number of likely N-dealkylation sites (N-methyl/N-ethyl adjacent to an activating group) is 1. The second-order valence-electron chi connectivity index (χ2n) is 7.77. The van der Waals surface area contributed by atoms with Crippen molar-refractivity contribution in [3.8, 4) is 16.3 Å². The van der Waals surface area contributed by atoms with Gasteiger partial charge in [0, 0.05) is 23.5 Å². The molecule has 1 amide bonds. The van der Waals surface area contributed by atoms with E-state index in [1.54, 1.807) is 22.7 Å². The molecule has 2 aromatic heterocycles. The summed E-state index contributed by atoms with van der Waals surface area (Å²) in [5.74, 6) is 0.746. The zero-order valence-electron chi connectivity index (χ0n) is 18.0. The van der Waals surface area contributed by atoms with Gasteiger partial charge in [0.05, 0.1) is 23.2 Å². The summed E-state index contributed by atoms with van der Waals surface area (Å²) in [5, 5.41) is 5.08. The number of thiophene rings is 1. The normalized spacial score (nSPS) is 13.8. The number of nitrogens with zero attached hydrogens (tertiary/aromatic N) is 2. The van der Waals surface area contributed by atoms with Crippen LogP contribution in [0.2, 0.25) is 0 Å². The molecule has 2 aromatic carbocycles. The van der Waals surface area contributed by atoms with E-state index >= 15 is 0 Å². The number of fused-ring (bicyclic) bond motifs is 2. The van der Waals surface area contributed by atoms with Gasteiger partial charge in [-0.25, -0.2) is 4.98 Å². The van der Waals surface area contributed by atoms with Gasteiger partial charge in [0.1, 0.15) is 15.8 Å². The van der Waals surface area contributed by atoms with Gasteiger partial charge in [0.15, 0.2) is 0 Å². The van der Waals surface area contributed by atoms with Gasteiger partial charge in [-0.2, -0.15) is 0 Å². The highest BCUT2D eigenvalue weighted by molar-refractivity contribution is 7.22. The van der Waals surface area contributed by atoms with Crippen LogP contribution in [-0.4, -0.2) is 35.5 Å². The van der Waals surface area contributed by atoms with Crippen LogP contribution in [-0.2, 0) is 17.8 Å². The van der Waals surface area contributed by atoms with Crippen LogP contribution >= 0.6 is 22.7 Å². The summed E-state index contributed by atoms with van der Waals surface area (Å²) in [6.07, 6.45) is 1.29. The predicted molar refractivity (Wildman–Crippen MR) is 133 cm³/mol. The minimum absolute atomic E-state index is 0.0331. The van der Waals surface area contributed by atoms with Crippen molar-refractivity contribution in [2.45, 2.75) is 26.3 Å². The average Bonchev–Trinajstić information content (AvgIpc) is 3.39. The van der Waals surface area contributed by atoms with E-state index in [1.165, 1.54) is 15.1 Å². The number of aromatic nitrogens is 1. The fourth-order valence-electron chi connectivity index (χ4n) is 3.99. The number of ether oxygens (including phenoxy) is 1. The summed E-state index contributed by atoms with van der Waals surface area (Å²) < 4.78 is 6.87. The van der Waals surface area contributed by atoms with E-state index in [-0.39, 0.29) is 5.91 Å². The van der Waals surface area contributed by atoms with Crippen LogP contribution in [0, 0.1) is 0 Å². The Morgan fingerprint density at radius 1 is 1.12 bits per heavy atom. The second kappa shape index (κ2) is 9.40. The van der Waals surface area contributed by atoms with Crippen molar-refractivity contribution in [3.63, 3.8) is 0 Å². The zero-order chi connectivity index (χ0) is 21.9. The number of hydrogen-bond acceptors (Lipinski definition) is 6. The number of carbonyl (C=O) groups excluding carboxylic acids is 1. The van der Waals surface area contributed by atoms with Crippen LogP contribution in [0.4, 0.5) is 5.00 Å². The summed E-state index contributed by atoms with van der Waals surface area (Å²) in [5.41, 5.74) is 3.46. The molecule has 32 heavy (non-hydrogen) atoms. The van der Waals surface area contributed by atoms with Gasteiger partial charge >= 0.3 is 0 Å². The van der Waals surface area contributed by atoms with Crippen molar-refractivity contribution >= 4 is 43.8 Å². The summed E-state index contributed by atoms with van der Waals surface area (Å²) in [6.45, 7) is 5.55. The number of anilines is 1. The minimum Gasteiger partial charge on any atom is -0.493 e. The van der Waals surface area contributed by atoms with E-state index in [0.29, 0.717) is 13.0 Å². The highest BCUT2D eigenvalue weighted by Gasteiger charge is 2.27. The molecule has 0 aliphatic carbocycles. The Labute approximate surface area is 195 Å². The third kappa shape index (κ3) is 4.41. The second-order valence-corrected chi connectivity index (χ2v) is 9.91. The minimum atomic E-state index is -0.0331. The van der Waals surface area contributed by atoms with Crippen molar-refractivity contribution in [1.29, 1.82) is 0 Å². The maximum Gasteiger partial charge on any atom is 0.228 e. The van der Waals surface area contributed by atoms with Crippen LogP contribution in [0.15, 0.2) is 54.6 Å². The number of carbonyl (C=O) groups is 1. The molecule has 0 fully saturated rings. The lowest BCUT2D eigenvalue weighted by Crippen LogP contribution is -2.29. The molecular weight excluding hydrogens is 438 g/mol. The van der Waals surface area contributed by atoms with Crippen LogP contribution < -0.4 is 10.1 Å². The fourth-order valence-corrected chi connectivity index (χ4v) is 6.40. The standard InChI is InChI=1S/C25H25N3O2S2/c1-2-28-14-12-18-21(16-28)32-25(23(18)24-26-19-10-6-7-11-20(19)31-24)27-22(29)13-15-30-17-8-4-3-5-9-17/h3-11H,2,12-16H2,1H3,(H,27,29). The zero-order valence-corrected chi connectivity index (χ0v) is 19.6. The topological polar surface area (TPSA) is 54.5 Å². The summed E-state index contributed by atoms with van der Waals surface area (Å²) in [4.78, 5) is 21.5. The first-order valence-electron chi connectivity index (χ1n) is 10.9. The molecule has 1 N–H and O–H groups in total. The first kappa shape index (κ1) is 21.1. The van der Waals surface area contributed by atoms with Gasteiger partial charge < -0.3 is 10.1 Å².